The summed E-state index contributed by atoms with van der Waals surface area (Å²) in [7, 11) is 0. The Morgan fingerprint density at radius 2 is 1.67 bits per heavy atom. The van der Waals surface area contributed by atoms with Crippen LogP contribution in [0.4, 0.5) is 5.00 Å². The third kappa shape index (κ3) is 2.48. The molecule has 1 nitrogen and oxygen atoms in total. The van der Waals surface area contributed by atoms with Crippen LogP contribution in [0.2, 0.25) is 0 Å². The summed E-state index contributed by atoms with van der Waals surface area (Å²) in [5.41, 5.74) is 10.1. The van der Waals surface area contributed by atoms with Crippen LogP contribution in [-0.4, -0.2) is 0 Å². The molecule has 2 N–H and O–H groups in total. The smallest absolute Gasteiger partial charge is 0.0898 e. The van der Waals surface area contributed by atoms with Gasteiger partial charge in [-0.15, -0.1) is 30.1 Å². The van der Waals surface area contributed by atoms with Gasteiger partial charge in [0.05, 0.1) is 5.00 Å². The summed E-state index contributed by atoms with van der Waals surface area (Å²) in [6.45, 7) is 6.60. The van der Waals surface area contributed by atoms with Crippen LogP contribution >= 0.6 is 22.7 Å². The molecule has 4 aromatic rings. The van der Waals surface area contributed by atoms with Crippen LogP contribution in [0.15, 0.2) is 42.5 Å². The normalized spacial score (nSPS) is 11.5. The van der Waals surface area contributed by atoms with Gasteiger partial charge in [0.1, 0.15) is 0 Å². The Kier molecular flexibility index (Phi) is 3.78. The Morgan fingerprint density at radius 3 is 2.46 bits per heavy atom. The van der Waals surface area contributed by atoms with Gasteiger partial charge in [-0.2, -0.15) is 22.8 Å². The lowest BCUT2D eigenvalue weighted by molar-refractivity contribution is 1.01. The van der Waals surface area contributed by atoms with Gasteiger partial charge in [-0.25, -0.2) is 0 Å². The molecule has 0 atom stereocenters. The van der Waals surface area contributed by atoms with Gasteiger partial charge >= 0.3 is 0 Å². The third-order valence-electron chi connectivity index (χ3n) is 4.74. The number of rotatable bonds is 3. The maximum atomic E-state index is 6.07. The zero-order chi connectivity index (χ0) is 16.8. The fraction of sp³-hybridized carbons (Fsp3) is 0.190. The zero-order valence-electron chi connectivity index (χ0n) is 14.1. The molecular formula is C21H20NS2-. The average Bonchev–Trinajstić information content (AvgIpc) is 3.05. The second-order valence-electron chi connectivity index (χ2n) is 6.43. The highest BCUT2D eigenvalue weighted by Crippen LogP contribution is 2.38. The van der Waals surface area contributed by atoms with Gasteiger partial charge in [0.2, 0.25) is 0 Å². The van der Waals surface area contributed by atoms with Crippen LogP contribution in [0, 0.1) is 19.8 Å². The Balaban J connectivity index is 1.67. The van der Waals surface area contributed by atoms with Crippen molar-refractivity contribution in [2.24, 2.45) is 0 Å². The first-order valence-electron chi connectivity index (χ1n) is 8.13. The van der Waals surface area contributed by atoms with E-state index in [2.05, 4.69) is 63.2 Å². The van der Waals surface area contributed by atoms with E-state index in [0.29, 0.717) is 0 Å². The number of aryl methyl sites for hydroxylation is 2. The summed E-state index contributed by atoms with van der Waals surface area (Å²) in [5, 5.41) is 3.61. The Bertz CT molecular complexity index is 1040. The van der Waals surface area contributed by atoms with Gasteiger partial charge in [-0.05, 0) is 30.0 Å². The van der Waals surface area contributed by atoms with E-state index in [1.165, 1.54) is 47.7 Å². The van der Waals surface area contributed by atoms with Gasteiger partial charge in [0.25, 0.3) is 0 Å². The van der Waals surface area contributed by atoms with Gasteiger partial charge in [-0.3, -0.25) is 0 Å². The molecule has 2 aromatic carbocycles. The molecule has 0 fully saturated rings. The van der Waals surface area contributed by atoms with Gasteiger partial charge in [-0.1, -0.05) is 47.7 Å². The molecule has 0 aliphatic heterocycles. The van der Waals surface area contributed by atoms with E-state index in [1.807, 2.05) is 11.3 Å². The van der Waals surface area contributed by atoms with Crippen molar-refractivity contribution in [2.75, 3.05) is 5.73 Å². The average molecular weight is 351 g/mol. The SMILES string of the molecule is Cc1c(N)sc2cc(C[C-](C)c3sc4ccccc4c3C)ccc12. The van der Waals surface area contributed by atoms with Crippen molar-refractivity contribution in [3.8, 4) is 0 Å². The van der Waals surface area contributed by atoms with E-state index in [4.69, 9.17) is 5.73 Å². The van der Waals surface area contributed by atoms with E-state index < -0.39 is 0 Å². The van der Waals surface area contributed by atoms with Crippen LogP contribution in [-0.2, 0) is 6.42 Å². The molecule has 4 rings (SSSR count). The molecule has 0 aliphatic rings. The molecule has 0 saturated heterocycles. The van der Waals surface area contributed by atoms with E-state index in [-0.39, 0.29) is 0 Å². The molecule has 0 bridgehead atoms. The first kappa shape index (κ1) is 15.6. The summed E-state index contributed by atoms with van der Waals surface area (Å²) >= 11 is 3.60. The molecule has 0 saturated carbocycles. The van der Waals surface area contributed by atoms with Crippen LogP contribution in [0.25, 0.3) is 20.2 Å². The van der Waals surface area contributed by atoms with Crippen molar-refractivity contribution >= 4 is 47.8 Å². The lowest BCUT2D eigenvalue weighted by atomic mass is 9.96. The second-order valence-corrected chi connectivity index (χ2v) is 8.57. The molecule has 0 radical (unpaired) electrons. The monoisotopic (exact) mass is 350 g/mol. The predicted molar refractivity (Wildman–Crippen MR) is 109 cm³/mol. The minimum atomic E-state index is 0.934. The Labute approximate surface area is 150 Å². The van der Waals surface area contributed by atoms with Crippen LogP contribution in [0.5, 0.6) is 0 Å². The lowest BCUT2D eigenvalue weighted by Gasteiger charge is -2.22. The van der Waals surface area contributed by atoms with E-state index >= 15 is 0 Å². The van der Waals surface area contributed by atoms with Crippen molar-refractivity contribution < 1.29 is 0 Å². The van der Waals surface area contributed by atoms with Crippen molar-refractivity contribution in [1.29, 1.82) is 0 Å². The topological polar surface area (TPSA) is 26.0 Å². The Hall–Kier alpha value is -1.97. The van der Waals surface area contributed by atoms with Crippen molar-refractivity contribution in [1.82, 2.24) is 0 Å². The van der Waals surface area contributed by atoms with Gasteiger partial charge in [0, 0.05) is 9.40 Å². The molecule has 0 amide bonds. The predicted octanol–water partition coefficient (Wildman–Crippen LogP) is 6.50. The molecule has 3 heteroatoms. The highest BCUT2D eigenvalue weighted by molar-refractivity contribution is 7.22. The van der Waals surface area contributed by atoms with Gasteiger partial charge in [0.15, 0.2) is 0 Å². The van der Waals surface area contributed by atoms with Gasteiger partial charge < -0.3 is 5.73 Å². The first-order valence-corrected chi connectivity index (χ1v) is 9.76. The fourth-order valence-electron chi connectivity index (χ4n) is 3.37. The van der Waals surface area contributed by atoms with Crippen LogP contribution < -0.4 is 5.73 Å². The minimum absolute atomic E-state index is 0.934. The summed E-state index contributed by atoms with van der Waals surface area (Å²) < 4.78 is 2.67. The van der Waals surface area contributed by atoms with E-state index in [0.717, 1.165) is 11.4 Å². The number of nitrogens with two attached hydrogens (primary N) is 1. The molecule has 2 heterocycles. The van der Waals surface area contributed by atoms with Crippen molar-refractivity contribution in [3.05, 3.63) is 69.9 Å². The summed E-state index contributed by atoms with van der Waals surface area (Å²) in [6, 6.07) is 15.4. The highest BCUT2D eigenvalue weighted by atomic mass is 32.1. The largest absolute Gasteiger partial charge is 0.390 e. The molecule has 0 spiro atoms. The summed E-state index contributed by atoms with van der Waals surface area (Å²) in [5.74, 6) is 1.44. The van der Waals surface area contributed by atoms with Crippen LogP contribution in [0.3, 0.4) is 0 Å². The number of thiophene rings is 2. The number of nitrogen functional groups attached to an aromatic ring is 1. The number of hydrogen-bond acceptors (Lipinski definition) is 3. The third-order valence-corrected chi connectivity index (χ3v) is 7.26. The zero-order valence-corrected chi connectivity index (χ0v) is 15.8. The molecule has 0 unspecified atom stereocenters. The standard InChI is InChI=1S/C21H20NS2/c1-12(20-13(2)16-6-4-5-7-18(16)23-20)10-15-8-9-17-14(3)21(22)24-19(17)11-15/h4-9,11H,10,22H2,1-3H3/q-1. The number of hydrogen-bond donors (Lipinski definition) is 1. The maximum Gasteiger partial charge on any atom is 0.0898 e. The molecule has 2 aromatic heterocycles. The van der Waals surface area contributed by atoms with Crippen molar-refractivity contribution in [2.45, 2.75) is 27.2 Å². The number of anilines is 1. The Morgan fingerprint density at radius 1 is 0.917 bits per heavy atom. The van der Waals surface area contributed by atoms with Crippen molar-refractivity contribution in [3.63, 3.8) is 0 Å². The quantitative estimate of drug-likeness (QED) is 0.419. The molecule has 0 aliphatic carbocycles. The minimum Gasteiger partial charge on any atom is -0.390 e. The summed E-state index contributed by atoms with van der Waals surface area (Å²) in [4.78, 5) is 1.43. The second kappa shape index (κ2) is 5.83. The highest BCUT2D eigenvalue weighted by Gasteiger charge is 2.08. The van der Waals surface area contributed by atoms with E-state index in [1.54, 1.807) is 11.3 Å². The van der Waals surface area contributed by atoms with Crippen LogP contribution in [0.1, 0.15) is 28.5 Å². The molecule has 24 heavy (non-hydrogen) atoms. The molecular weight excluding hydrogens is 330 g/mol. The van der Waals surface area contributed by atoms with E-state index in [9.17, 15) is 0 Å². The number of benzene rings is 2. The fourth-order valence-corrected chi connectivity index (χ4v) is 5.62. The summed E-state index contributed by atoms with van der Waals surface area (Å²) in [6.07, 6.45) is 0.987. The lowest BCUT2D eigenvalue weighted by Crippen LogP contribution is -1.98. The maximum absolute atomic E-state index is 6.07. The first-order chi connectivity index (χ1) is 11.5. The number of fused-ring (bicyclic) bond motifs is 2. The molecule has 122 valence electrons.